The summed E-state index contributed by atoms with van der Waals surface area (Å²) in [5.74, 6) is 0. The van der Waals surface area contributed by atoms with Gasteiger partial charge in [0, 0.05) is 17.3 Å². The minimum Gasteiger partial charge on any atom is -0.255 e. The van der Waals surface area contributed by atoms with Crippen LogP contribution in [-0.4, -0.2) is 4.98 Å². The highest BCUT2D eigenvalue weighted by molar-refractivity contribution is 5.84. The van der Waals surface area contributed by atoms with Crippen LogP contribution in [0, 0.1) is 0 Å². The molecule has 1 heterocycles. The smallest absolute Gasteiger partial charge is 0.0783 e. The van der Waals surface area contributed by atoms with E-state index in [1.54, 1.807) is 0 Å². The average molecular weight is 285 g/mol. The summed E-state index contributed by atoms with van der Waals surface area (Å²) in [6.45, 7) is 0. The summed E-state index contributed by atoms with van der Waals surface area (Å²) in [4.78, 5) is 4.84. The average Bonchev–Trinajstić information content (AvgIpc) is 2.62. The van der Waals surface area contributed by atoms with E-state index in [4.69, 9.17) is 4.98 Å². The number of hydrogen-bond acceptors (Lipinski definition) is 1. The van der Waals surface area contributed by atoms with E-state index in [1.807, 2.05) is 0 Å². The van der Waals surface area contributed by atoms with E-state index in [2.05, 4.69) is 66.9 Å². The fourth-order valence-electron chi connectivity index (χ4n) is 3.44. The van der Waals surface area contributed by atoms with Crippen molar-refractivity contribution in [2.24, 2.45) is 0 Å². The molecule has 1 aliphatic rings. The highest BCUT2D eigenvalue weighted by Gasteiger charge is 2.19. The van der Waals surface area contributed by atoms with E-state index in [0.717, 1.165) is 12.1 Å². The second kappa shape index (κ2) is 5.76. The number of hydrogen-bond donors (Lipinski definition) is 0. The lowest BCUT2D eigenvalue weighted by Gasteiger charge is -2.22. The molecule has 0 spiro atoms. The van der Waals surface area contributed by atoms with Gasteiger partial charge >= 0.3 is 0 Å². The summed E-state index contributed by atoms with van der Waals surface area (Å²) in [5.41, 5.74) is 7.88. The van der Waals surface area contributed by atoms with Crippen LogP contribution >= 0.6 is 0 Å². The number of pyridine rings is 1. The molecule has 0 saturated carbocycles. The molecule has 0 amide bonds. The zero-order valence-electron chi connectivity index (χ0n) is 12.6. The van der Waals surface area contributed by atoms with Crippen LogP contribution in [0.15, 0.2) is 66.9 Å². The number of nitrogens with zero attached hydrogens (tertiary/aromatic N) is 1. The van der Waals surface area contributed by atoms with E-state index < -0.39 is 0 Å². The summed E-state index contributed by atoms with van der Waals surface area (Å²) in [6, 6.07) is 21.3. The number of benzene rings is 2. The number of aryl methyl sites for hydroxylation is 1. The van der Waals surface area contributed by atoms with Gasteiger partial charge in [0.05, 0.1) is 5.69 Å². The van der Waals surface area contributed by atoms with Crippen LogP contribution < -0.4 is 0 Å². The van der Waals surface area contributed by atoms with Crippen molar-refractivity contribution in [3.8, 4) is 22.4 Å². The maximum Gasteiger partial charge on any atom is 0.0783 e. The molecule has 1 heteroatoms. The summed E-state index contributed by atoms with van der Waals surface area (Å²) < 4.78 is 0. The van der Waals surface area contributed by atoms with Crippen molar-refractivity contribution in [3.05, 3.63) is 78.0 Å². The minimum atomic E-state index is 1.12. The van der Waals surface area contributed by atoms with Gasteiger partial charge in [0.25, 0.3) is 0 Å². The molecule has 22 heavy (non-hydrogen) atoms. The van der Waals surface area contributed by atoms with Gasteiger partial charge in [-0.25, -0.2) is 0 Å². The van der Waals surface area contributed by atoms with Gasteiger partial charge in [-0.05, 0) is 42.4 Å². The zero-order chi connectivity index (χ0) is 14.8. The first-order valence-electron chi connectivity index (χ1n) is 8.05. The van der Waals surface area contributed by atoms with Gasteiger partial charge in [-0.2, -0.15) is 0 Å². The van der Waals surface area contributed by atoms with Gasteiger partial charge in [-0.15, -0.1) is 0 Å². The van der Waals surface area contributed by atoms with Crippen LogP contribution in [0.25, 0.3) is 22.4 Å². The molecule has 0 atom stereocenters. The standard InChI is InChI=1S/C21H19N/c1-3-9-16(10-4-1)20-19-14-8-7-13-18(19)15-22-21(20)17-11-5-2-6-12-17/h1-6,9-12,15H,7-8,13-14H2. The number of aromatic nitrogens is 1. The lowest BCUT2D eigenvalue weighted by atomic mass is 9.85. The Labute approximate surface area is 131 Å². The molecular formula is C21H19N. The van der Waals surface area contributed by atoms with E-state index in [9.17, 15) is 0 Å². The third-order valence-electron chi connectivity index (χ3n) is 4.51. The Hall–Kier alpha value is -2.41. The Morgan fingerprint density at radius 2 is 1.32 bits per heavy atom. The van der Waals surface area contributed by atoms with Crippen molar-refractivity contribution in [1.29, 1.82) is 0 Å². The summed E-state index contributed by atoms with van der Waals surface area (Å²) >= 11 is 0. The Morgan fingerprint density at radius 3 is 2.05 bits per heavy atom. The van der Waals surface area contributed by atoms with Gasteiger partial charge in [0.15, 0.2) is 0 Å². The topological polar surface area (TPSA) is 12.9 Å². The first-order chi connectivity index (χ1) is 10.9. The highest BCUT2D eigenvalue weighted by Crippen LogP contribution is 2.37. The lowest BCUT2D eigenvalue weighted by Crippen LogP contribution is -2.07. The second-order valence-electron chi connectivity index (χ2n) is 5.92. The maximum absolute atomic E-state index is 4.84. The molecule has 1 aliphatic carbocycles. The van der Waals surface area contributed by atoms with E-state index >= 15 is 0 Å². The van der Waals surface area contributed by atoms with Gasteiger partial charge in [0.2, 0.25) is 0 Å². The van der Waals surface area contributed by atoms with Crippen molar-refractivity contribution >= 4 is 0 Å². The molecule has 3 aromatic rings. The number of fused-ring (bicyclic) bond motifs is 1. The number of rotatable bonds is 2. The Balaban J connectivity index is 1.99. The fraction of sp³-hybridized carbons (Fsp3) is 0.190. The van der Waals surface area contributed by atoms with Crippen LogP contribution in [-0.2, 0) is 12.8 Å². The first-order valence-corrected chi connectivity index (χ1v) is 8.05. The van der Waals surface area contributed by atoms with Gasteiger partial charge in [0.1, 0.15) is 0 Å². The molecule has 0 aliphatic heterocycles. The Morgan fingerprint density at radius 1 is 0.682 bits per heavy atom. The van der Waals surface area contributed by atoms with Crippen LogP contribution in [0.1, 0.15) is 24.0 Å². The molecule has 1 aromatic heterocycles. The molecule has 0 bridgehead atoms. The lowest BCUT2D eigenvalue weighted by molar-refractivity contribution is 0.684. The highest BCUT2D eigenvalue weighted by atomic mass is 14.7. The second-order valence-corrected chi connectivity index (χ2v) is 5.92. The van der Waals surface area contributed by atoms with E-state index in [-0.39, 0.29) is 0 Å². The predicted octanol–water partition coefficient (Wildman–Crippen LogP) is 5.29. The van der Waals surface area contributed by atoms with Crippen LogP contribution in [0.2, 0.25) is 0 Å². The first kappa shape index (κ1) is 13.3. The summed E-state index contributed by atoms with van der Waals surface area (Å²) in [7, 11) is 0. The molecule has 0 fully saturated rings. The van der Waals surface area contributed by atoms with Gasteiger partial charge in [-0.1, -0.05) is 60.7 Å². The molecule has 0 radical (unpaired) electrons. The van der Waals surface area contributed by atoms with Crippen molar-refractivity contribution in [3.63, 3.8) is 0 Å². The molecule has 4 rings (SSSR count). The molecule has 2 aromatic carbocycles. The zero-order valence-corrected chi connectivity index (χ0v) is 12.6. The van der Waals surface area contributed by atoms with Crippen LogP contribution in [0.3, 0.4) is 0 Å². The van der Waals surface area contributed by atoms with Crippen LogP contribution in [0.4, 0.5) is 0 Å². The van der Waals surface area contributed by atoms with Gasteiger partial charge < -0.3 is 0 Å². The quantitative estimate of drug-likeness (QED) is 0.623. The molecule has 0 unspecified atom stereocenters. The Bertz CT molecular complexity index is 776. The molecule has 0 N–H and O–H groups in total. The van der Waals surface area contributed by atoms with Crippen molar-refractivity contribution in [2.45, 2.75) is 25.7 Å². The summed E-state index contributed by atoms with van der Waals surface area (Å²) in [6.07, 6.45) is 7.00. The summed E-state index contributed by atoms with van der Waals surface area (Å²) in [5, 5.41) is 0. The Kier molecular flexibility index (Phi) is 3.48. The molecule has 1 nitrogen and oxygen atoms in total. The normalized spacial score (nSPS) is 13.6. The van der Waals surface area contributed by atoms with E-state index in [1.165, 1.54) is 47.1 Å². The van der Waals surface area contributed by atoms with Crippen molar-refractivity contribution < 1.29 is 0 Å². The van der Waals surface area contributed by atoms with Crippen LogP contribution in [0.5, 0.6) is 0 Å². The molecular weight excluding hydrogens is 266 g/mol. The van der Waals surface area contributed by atoms with E-state index in [0.29, 0.717) is 0 Å². The monoisotopic (exact) mass is 285 g/mol. The predicted molar refractivity (Wildman–Crippen MR) is 91.8 cm³/mol. The third kappa shape index (κ3) is 2.33. The van der Waals surface area contributed by atoms with Crippen molar-refractivity contribution in [2.75, 3.05) is 0 Å². The van der Waals surface area contributed by atoms with Gasteiger partial charge in [-0.3, -0.25) is 4.98 Å². The van der Waals surface area contributed by atoms with Crippen molar-refractivity contribution in [1.82, 2.24) is 4.98 Å². The largest absolute Gasteiger partial charge is 0.255 e. The molecule has 108 valence electrons. The molecule has 0 saturated heterocycles. The maximum atomic E-state index is 4.84. The minimum absolute atomic E-state index is 1.12. The fourth-order valence-corrected chi connectivity index (χ4v) is 3.44. The third-order valence-corrected chi connectivity index (χ3v) is 4.51. The SMILES string of the molecule is c1ccc(-c2ncc3c(c2-c2ccccc2)CCCC3)cc1.